The number of carbonyl (C=O) groups is 1. The third-order valence-electron chi connectivity index (χ3n) is 5.48. The van der Waals surface area contributed by atoms with Gasteiger partial charge in [-0.2, -0.15) is 4.39 Å². The molecule has 0 radical (unpaired) electrons. The Hall–Kier alpha value is -2.31. The largest absolute Gasteiger partial charge is 0.476 e. The number of ether oxygens (including phenoxy) is 1. The predicted molar refractivity (Wildman–Crippen MR) is 129 cm³/mol. The number of hydrogen-bond acceptors (Lipinski definition) is 8. The monoisotopic (exact) mass is 497 g/mol. The van der Waals surface area contributed by atoms with E-state index in [2.05, 4.69) is 11.9 Å². The van der Waals surface area contributed by atoms with Gasteiger partial charge in [0, 0.05) is 31.9 Å². The number of rotatable bonds is 8. The van der Waals surface area contributed by atoms with Crippen molar-refractivity contribution in [1.82, 2.24) is 9.29 Å². The molecule has 11 heteroatoms. The predicted octanol–water partition coefficient (Wildman–Crippen LogP) is 5.74. The van der Waals surface area contributed by atoms with Gasteiger partial charge in [-0.25, -0.2) is 9.10 Å². The highest BCUT2D eigenvalue weighted by Gasteiger charge is 2.38. The first-order valence-corrected chi connectivity index (χ1v) is 13.1. The Balaban J connectivity index is 2.19. The van der Waals surface area contributed by atoms with Gasteiger partial charge < -0.3 is 14.7 Å². The maximum absolute atomic E-state index is 13.5. The number of anilines is 2. The second-order valence-electron chi connectivity index (χ2n) is 7.54. The SMILES string of the molecule is CCCCC1CN(c2cccnc2)c2cc(SC)c(O/C=C(\F)C(=O)O)cc2S(O)(O)N1C. The Morgan fingerprint density at radius 1 is 1.42 bits per heavy atom. The Morgan fingerprint density at radius 3 is 2.79 bits per heavy atom. The molecule has 3 rings (SSSR count). The highest BCUT2D eigenvalue weighted by Crippen LogP contribution is 2.60. The van der Waals surface area contributed by atoms with Crippen molar-refractivity contribution in [3.63, 3.8) is 0 Å². The lowest BCUT2D eigenvalue weighted by atomic mass is 10.1. The van der Waals surface area contributed by atoms with E-state index in [1.54, 1.807) is 36.1 Å². The molecule has 0 saturated heterocycles. The number of thioether (sulfide) groups is 1. The summed E-state index contributed by atoms with van der Waals surface area (Å²) in [6.07, 6.45) is 8.34. The van der Waals surface area contributed by atoms with Gasteiger partial charge in [0.15, 0.2) is 0 Å². The topological polar surface area (TPSA) is 106 Å². The normalized spacial score (nSPS) is 19.5. The molecular formula is C22H28FN3O5S2. The summed E-state index contributed by atoms with van der Waals surface area (Å²) in [6.45, 7) is 2.59. The quantitative estimate of drug-likeness (QED) is 0.239. The van der Waals surface area contributed by atoms with E-state index >= 15 is 0 Å². The van der Waals surface area contributed by atoms with E-state index < -0.39 is 22.6 Å². The molecule has 0 spiro atoms. The molecule has 1 aromatic carbocycles. The van der Waals surface area contributed by atoms with E-state index in [4.69, 9.17) is 9.84 Å². The van der Waals surface area contributed by atoms with Crippen LogP contribution in [0.15, 0.2) is 58.5 Å². The molecular weight excluding hydrogens is 469 g/mol. The maximum Gasteiger partial charge on any atom is 0.368 e. The molecule has 180 valence electrons. The van der Waals surface area contributed by atoms with Gasteiger partial charge in [-0.15, -0.1) is 22.5 Å². The first-order valence-electron chi connectivity index (χ1n) is 10.4. The molecule has 0 bridgehead atoms. The molecule has 1 aliphatic heterocycles. The van der Waals surface area contributed by atoms with Crippen LogP contribution in [0.25, 0.3) is 0 Å². The van der Waals surface area contributed by atoms with E-state index in [1.807, 2.05) is 17.0 Å². The average Bonchev–Trinajstić information content (AvgIpc) is 2.89. The molecule has 0 saturated carbocycles. The highest BCUT2D eigenvalue weighted by molar-refractivity contribution is 8.22. The number of unbranched alkanes of at least 4 members (excludes halogenated alkanes) is 1. The third-order valence-corrected chi connectivity index (χ3v) is 8.26. The first kappa shape index (κ1) is 25.3. The van der Waals surface area contributed by atoms with Crippen LogP contribution in [0, 0.1) is 0 Å². The van der Waals surface area contributed by atoms with Crippen LogP contribution < -0.4 is 9.64 Å². The molecule has 1 aliphatic rings. The number of hydrogen-bond donors (Lipinski definition) is 3. The van der Waals surface area contributed by atoms with Crippen molar-refractivity contribution in [2.24, 2.45) is 0 Å². The number of aromatic nitrogens is 1. The second-order valence-corrected chi connectivity index (χ2v) is 10.4. The number of carboxylic acid groups (broad SMARTS) is 1. The van der Waals surface area contributed by atoms with Crippen molar-refractivity contribution in [3.05, 3.63) is 48.7 Å². The molecule has 1 unspecified atom stereocenters. The Morgan fingerprint density at radius 2 is 2.18 bits per heavy atom. The van der Waals surface area contributed by atoms with Gasteiger partial charge >= 0.3 is 5.97 Å². The Kier molecular flexibility index (Phi) is 8.24. The fraction of sp³-hybridized carbons (Fsp3) is 0.364. The summed E-state index contributed by atoms with van der Waals surface area (Å²) in [7, 11) is -1.75. The molecule has 1 atom stereocenters. The molecule has 2 heterocycles. The van der Waals surface area contributed by atoms with Crippen LogP contribution in [0.2, 0.25) is 0 Å². The fourth-order valence-corrected chi connectivity index (χ4v) is 5.79. The van der Waals surface area contributed by atoms with Crippen molar-refractivity contribution in [2.45, 2.75) is 42.0 Å². The molecule has 3 N–H and O–H groups in total. The highest BCUT2D eigenvalue weighted by atomic mass is 32.3. The molecule has 0 fully saturated rings. The third kappa shape index (κ3) is 5.44. The van der Waals surface area contributed by atoms with Crippen molar-refractivity contribution in [3.8, 4) is 5.75 Å². The van der Waals surface area contributed by atoms with Gasteiger partial charge in [-0.1, -0.05) is 19.8 Å². The van der Waals surface area contributed by atoms with Crippen LogP contribution in [0.3, 0.4) is 0 Å². The van der Waals surface area contributed by atoms with E-state index in [0.29, 0.717) is 23.4 Å². The average molecular weight is 498 g/mol. The molecule has 0 aliphatic carbocycles. The molecule has 33 heavy (non-hydrogen) atoms. The van der Waals surface area contributed by atoms with Gasteiger partial charge in [0.2, 0.25) is 5.83 Å². The standard InChI is InChI=1S/C22H28FN3O5S2/c1-4-5-7-16-13-26(15-8-6-9-24-12-15)18-10-20(32-3)19(31-14-17(23)22(27)28)11-21(18)33(29,30)25(16)2/h6,8-12,14,16,29-30H,4-5,7,13H2,1-3H3,(H,27,28)/b17-14-. The van der Waals surface area contributed by atoms with E-state index in [9.17, 15) is 18.3 Å². The summed E-state index contributed by atoms with van der Waals surface area (Å²) in [5.74, 6) is -3.08. The number of carboxylic acids is 1. The van der Waals surface area contributed by atoms with E-state index in [1.165, 1.54) is 17.8 Å². The summed E-state index contributed by atoms with van der Waals surface area (Å²) < 4.78 is 43.1. The Bertz CT molecular complexity index is 1020. The number of benzene rings is 1. The number of halogens is 1. The van der Waals surface area contributed by atoms with Crippen LogP contribution in [-0.4, -0.2) is 55.4 Å². The molecule has 8 nitrogen and oxygen atoms in total. The zero-order valence-electron chi connectivity index (χ0n) is 18.6. The van der Waals surface area contributed by atoms with Gasteiger partial charge in [0.1, 0.15) is 16.9 Å². The lowest BCUT2D eigenvalue weighted by molar-refractivity contribution is -0.134. The smallest absolute Gasteiger partial charge is 0.368 e. The van der Waals surface area contributed by atoms with Crippen molar-refractivity contribution >= 4 is 39.9 Å². The molecule has 2 aromatic rings. The van der Waals surface area contributed by atoms with Crippen molar-refractivity contribution < 1.29 is 28.1 Å². The Labute approximate surface area is 198 Å². The van der Waals surface area contributed by atoms with Crippen LogP contribution in [0.5, 0.6) is 5.75 Å². The fourth-order valence-electron chi connectivity index (χ4n) is 3.64. The number of pyridine rings is 1. The minimum atomic E-state index is -3.43. The summed E-state index contributed by atoms with van der Waals surface area (Å²) in [6, 6.07) is 6.76. The van der Waals surface area contributed by atoms with Crippen LogP contribution >= 0.6 is 22.5 Å². The molecule has 0 amide bonds. The van der Waals surface area contributed by atoms with Crippen LogP contribution in [0.1, 0.15) is 26.2 Å². The second kappa shape index (κ2) is 10.7. The summed E-state index contributed by atoms with van der Waals surface area (Å²) in [4.78, 5) is 17.8. The maximum atomic E-state index is 13.5. The van der Waals surface area contributed by atoms with Gasteiger partial charge in [0.25, 0.3) is 0 Å². The number of nitrogens with zero attached hydrogens (tertiary/aromatic N) is 3. The van der Waals surface area contributed by atoms with Crippen molar-refractivity contribution in [2.75, 3.05) is 24.7 Å². The molecule has 1 aromatic heterocycles. The lowest BCUT2D eigenvalue weighted by Gasteiger charge is -2.43. The zero-order chi connectivity index (χ0) is 24.2. The number of aliphatic carboxylic acids is 1. The van der Waals surface area contributed by atoms with Crippen LogP contribution in [0.4, 0.5) is 15.8 Å². The summed E-state index contributed by atoms with van der Waals surface area (Å²) in [5, 5.41) is 8.77. The minimum Gasteiger partial charge on any atom is -0.476 e. The van der Waals surface area contributed by atoms with E-state index in [0.717, 1.165) is 24.9 Å². The number of likely N-dealkylation sites (N-methyl/N-ethyl adjacent to an activating group) is 1. The zero-order valence-corrected chi connectivity index (χ0v) is 20.3. The van der Waals surface area contributed by atoms with E-state index in [-0.39, 0.29) is 16.7 Å². The summed E-state index contributed by atoms with van der Waals surface area (Å²) >= 11 is 1.31. The summed E-state index contributed by atoms with van der Waals surface area (Å²) in [5.41, 5.74) is 1.37. The van der Waals surface area contributed by atoms with Crippen molar-refractivity contribution in [1.29, 1.82) is 0 Å². The minimum absolute atomic E-state index is 0.129. The van der Waals surface area contributed by atoms with Crippen LogP contribution in [-0.2, 0) is 4.79 Å². The van der Waals surface area contributed by atoms with Gasteiger partial charge in [0.05, 0.1) is 22.5 Å². The lowest BCUT2D eigenvalue weighted by Crippen LogP contribution is -2.39. The first-order chi connectivity index (χ1) is 15.7. The van der Waals surface area contributed by atoms with Gasteiger partial charge in [-0.3, -0.25) is 14.1 Å². The number of fused-ring (bicyclic) bond motifs is 1. The van der Waals surface area contributed by atoms with Gasteiger partial charge in [-0.05, 0) is 30.9 Å².